The number of allylic oxidation sites excluding steroid dienone is 1. The zero-order chi connectivity index (χ0) is 41.1. The second kappa shape index (κ2) is 14.7. The molecule has 7 aliphatic rings. The lowest BCUT2D eigenvalue weighted by atomic mass is 9.34. The molecule has 0 radical (unpaired) electrons. The molecule has 0 aromatic carbocycles. The number of hydrogen-bond acceptors (Lipinski definition) is 14. The van der Waals surface area contributed by atoms with Crippen LogP contribution in [0.2, 0.25) is 0 Å². The zero-order valence-electron chi connectivity index (χ0n) is 34.5. The van der Waals surface area contributed by atoms with Crippen LogP contribution in [0.4, 0.5) is 0 Å². The van der Waals surface area contributed by atoms with Crippen molar-refractivity contribution in [3.8, 4) is 0 Å². The monoisotopic (exact) mass is 796 g/mol. The second-order valence-corrected chi connectivity index (χ2v) is 20.1. The summed E-state index contributed by atoms with van der Waals surface area (Å²) in [5.74, 6) is -0.399. The largest absolute Gasteiger partial charge is 0.459 e. The summed E-state index contributed by atoms with van der Waals surface area (Å²) in [6, 6.07) is 0. The third kappa shape index (κ3) is 6.29. The van der Waals surface area contributed by atoms with Crippen LogP contribution in [-0.2, 0) is 33.2 Å². The maximum Gasteiger partial charge on any atom is 0.312 e. The van der Waals surface area contributed by atoms with Gasteiger partial charge in [-0.25, -0.2) is 0 Å². The van der Waals surface area contributed by atoms with E-state index in [-0.39, 0.29) is 47.3 Å². The lowest BCUT2D eigenvalue weighted by Crippen LogP contribution is -2.72. The predicted octanol–water partition coefficient (Wildman–Crippen LogP) is 2.30. The zero-order valence-corrected chi connectivity index (χ0v) is 34.5. The SMILES string of the molecule is CC(C)=CC[C@H]1OC(=O)[C@H]2[C@H]3CC[C@@H]4[C@@]5(C)CC[C@H](O[C@@H]6O[C@H](CO[C@@H]7O[C@@H](C)[C@H](O)[C@@H](O)[C@H]7O)[C@@H](O)[C@H](O)[C@H]6O)C(C)(C)[C@H]5CC[C@@]4(C)[C@]3(C)[C@@H](O)O[C@@]12C. The van der Waals surface area contributed by atoms with Crippen LogP contribution in [0.25, 0.3) is 0 Å². The van der Waals surface area contributed by atoms with E-state index in [9.17, 15) is 40.5 Å². The van der Waals surface area contributed by atoms with Gasteiger partial charge >= 0.3 is 5.97 Å². The van der Waals surface area contributed by atoms with Crippen molar-refractivity contribution >= 4 is 5.97 Å². The van der Waals surface area contributed by atoms with Crippen LogP contribution in [0.3, 0.4) is 0 Å². The molecule has 3 aliphatic carbocycles. The van der Waals surface area contributed by atoms with Crippen molar-refractivity contribution in [3.05, 3.63) is 11.6 Å². The highest BCUT2D eigenvalue weighted by molar-refractivity contribution is 5.78. The number of fused-ring (bicyclic) bond motifs is 7. The van der Waals surface area contributed by atoms with Gasteiger partial charge in [-0.2, -0.15) is 0 Å². The number of carbonyl (C=O) groups is 1. The summed E-state index contributed by atoms with van der Waals surface area (Å²) in [7, 11) is 0. The van der Waals surface area contributed by atoms with Crippen LogP contribution in [-0.4, -0.2) is 134 Å². The first-order chi connectivity index (χ1) is 26.0. The molecule has 320 valence electrons. The summed E-state index contributed by atoms with van der Waals surface area (Å²) >= 11 is 0. The minimum absolute atomic E-state index is 0.105. The number of cyclic esters (lactones) is 1. The fraction of sp³-hybridized carbons (Fsp3) is 0.929. The summed E-state index contributed by atoms with van der Waals surface area (Å²) in [4.78, 5) is 13.7. The summed E-state index contributed by atoms with van der Waals surface area (Å²) in [5, 5.41) is 75.6. The van der Waals surface area contributed by atoms with E-state index in [4.69, 9.17) is 28.4 Å². The van der Waals surface area contributed by atoms with E-state index < -0.39 is 96.2 Å². The molecule has 4 saturated heterocycles. The van der Waals surface area contributed by atoms with Crippen LogP contribution < -0.4 is 0 Å². The molecule has 0 aromatic rings. The van der Waals surface area contributed by atoms with Crippen LogP contribution in [0, 0.1) is 45.3 Å². The van der Waals surface area contributed by atoms with Crippen LogP contribution in [0.5, 0.6) is 0 Å². The molecular formula is C42H68O14. The van der Waals surface area contributed by atoms with Gasteiger partial charge in [0, 0.05) is 11.8 Å². The average Bonchev–Trinajstić information content (AvgIpc) is 3.37. The van der Waals surface area contributed by atoms with E-state index in [0.717, 1.165) is 37.7 Å². The van der Waals surface area contributed by atoms with Crippen LogP contribution >= 0.6 is 0 Å². The molecule has 0 amide bonds. The van der Waals surface area contributed by atoms with E-state index in [0.29, 0.717) is 12.8 Å². The molecule has 0 aromatic heterocycles. The fourth-order valence-electron chi connectivity index (χ4n) is 13.2. The number of aliphatic hydroxyl groups excluding tert-OH is 7. The Hall–Kier alpha value is -1.27. The topological polar surface area (TPSA) is 214 Å². The van der Waals surface area contributed by atoms with Gasteiger partial charge < -0.3 is 64.2 Å². The molecule has 7 rings (SSSR count). The Balaban J connectivity index is 1.07. The smallest absolute Gasteiger partial charge is 0.312 e. The first-order valence-corrected chi connectivity index (χ1v) is 20.9. The molecule has 0 bridgehead atoms. The number of ether oxygens (including phenoxy) is 6. The van der Waals surface area contributed by atoms with Gasteiger partial charge in [-0.3, -0.25) is 4.79 Å². The van der Waals surface area contributed by atoms with Gasteiger partial charge in [0.15, 0.2) is 18.9 Å². The molecule has 21 atom stereocenters. The Morgan fingerprint density at radius 1 is 0.786 bits per heavy atom. The minimum Gasteiger partial charge on any atom is -0.459 e. The Kier molecular flexibility index (Phi) is 11.3. The Morgan fingerprint density at radius 3 is 2.12 bits per heavy atom. The number of aliphatic hydroxyl groups is 7. The van der Waals surface area contributed by atoms with Gasteiger partial charge in [0.1, 0.15) is 54.4 Å². The highest BCUT2D eigenvalue weighted by Gasteiger charge is 2.75. The molecule has 0 spiro atoms. The van der Waals surface area contributed by atoms with E-state index in [1.165, 1.54) is 6.92 Å². The highest BCUT2D eigenvalue weighted by Crippen LogP contribution is 2.75. The van der Waals surface area contributed by atoms with E-state index in [2.05, 4.69) is 40.7 Å². The Morgan fingerprint density at radius 2 is 1.45 bits per heavy atom. The normalized spacial score (nSPS) is 55.2. The van der Waals surface area contributed by atoms with Crippen molar-refractivity contribution in [3.63, 3.8) is 0 Å². The van der Waals surface area contributed by atoms with Crippen LogP contribution in [0.15, 0.2) is 11.6 Å². The first kappa shape index (κ1) is 42.8. The first-order valence-electron chi connectivity index (χ1n) is 20.9. The number of hydrogen-bond donors (Lipinski definition) is 7. The maximum atomic E-state index is 13.7. The molecule has 0 unspecified atom stereocenters. The van der Waals surface area contributed by atoms with Crippen molar-refractivity contribution < 1.29 is 69.0 Å². The average molecular weight is 797 g/mol. The third-order valence-electron chi connectivity index (χ3n) is 16.7. The van der Waals surface area contributed by atoms with Gasteiger partial charge in [0.25, 0.3) is 0 Å². The molecular weight excluding hydrogens is 728 g/mol. The summed E-state index contributed by atoms with van der Waals surface area (Å²) in [6.07, 6.45) is -8.22. The van der Waals surface area contributed by atoms with Gasteiger partial charge in [-0.05, 0) is 100 Å². The molecule has 14 nitrogen and oxygen atoms in total. The van der Waals surface area contributed by atoms with Gasteiger partial charge in [-0.15, -0.1) is 0 Å². The molecule has 7 N–H and O–H groups in total. The molecule has 3 saturated carbocycles. The van der Waals surface area contributed by atoms with Crippen molar-refractivity contribution in [2.45, 2.75) is 193 Å². The number of rotatable bonds is 7. The van der Waals surface area contributed by atoms with Crippen molar-refractivity contribution in [1.82, 2.24) is 0 Å². The van der Waals surface area contributed by atoms with Crippen molar-refractivity contribution in [2.75, 3.05) is 6.61 Å². The Labute approximate surface area is 330 Å². The van der Waals surface area contributed by atoms with Crippen LogP contribution in [0.1, 0.15) is 107 Å². The third-order valence-corrected chi connectivity index (χ3v) is 16.7. The molecule has 4 aliphatic heterocycles. The molecule has 56 heavy (non-hydrogen) atoms. The number of carbonyl (C=O) groups excluding carboxylic acids is 1. The minimum atomic E-state index is -1.61. The lowest BCUT2D eigenvalue weighted by molar-refractivity contribution is -0.364. The molecule has 14 heteroatoms. The highest BCUT2D eigenvalue weighted by atomic mass is 16.7. The fourth-order valence-corrected chi connectivity index (χ4v) is 13.2. The standard InChI is InChI=1S/C42H68O14/c1-19(2)10-13-26-42(9)27(34(49)54-26)21-11-12-24-39(6)16-15-25(38(4,5)23(39)14-17-40(24,7)41(21,8)37(50)56-42)55-36-33(48)31(46)29(44)22(53-36)18-51-35-32(47)30(45)28(43)20(3)52-35/h10,20-33,35-37,43-48,50H,11-18H2,1-9H3/t20-,21+,22+,23+,24+,25-,26+,27+,28-,29+,30+,31-,32+,33+,35+,36-,37-,39-,40+,41-,42-/m0/s1. The summed E-state index contributed by atoms with van der Waals surface area (Å²) in [5.41, 5.74) is -1.40. The number of esters is 1. The quantitative estimate of drug-likeness (QED) is 0.112. The molecule has 4 heterocycles. The van der Waals surface area contributed by atoms with Crippen molar-refractivity contribution in [1.29, 1.82) is 0 Å². The van der Waals surface area contributed by atoms with Crippen molar-refractivity contribution in [2.24, 2.45) is 45.3 Å². The second-order valence-electron chi connectivity index (χ2n) is 20.1. The molecule has 7 fully saturated rings. The van der Waals surface area contributed by atoms with E-state index >= 15 is 0 Å². The van der Waals surface area contributed by atoms with Gasteiger partial charge in [0.2, 0.25) is 0 Å². The van der Waals surface area contributed by atoms with E-state index in [1.807, 2.05) is 20.8 Å². The summed E-state index contributed by atoms with van der Waals surface area (Å²) in [6.45, 7) is 18.3. The Bertz CT molecular complexity index is 1500. The van der Waals surface area contributed by atoms with E-state index in [1.54, 1.807) is 0 Å². The lowest BCUT2D eigenvalue weighted by Gasteiger charge is -2.72. The maximum absolute atomic E-state index is 13.7. The predicted molar refractivity (Wildman–Crippen MR) is 199 cm³/mol. The summed E-state index contributed by atoms with van der Waals surface area (Å²) < 4.78 is 36.6. The van der Waals surface area contributed by atoms with Gasteiger partial charge in [-0.1, -0.05) is 46.3 Å². The van der Waals surface area contributed by atoms with Gasteiger partial charge in [0.05, 0.1) is 24.7 Å².